The van der Waals surface area contributed by atoms with Crippen LogP contribution in [-0.4, -0.2) is 15.1 Å². The monoisotopic (exact) mass is 165 g/mol. The number of hydrogen-bond donors (Lipinski definition) is 2. The molecular weight excluding hydrogens is 154 g/mol. The number of nitrogens with two attached hydrogens (primary N) is 1. The van der Waals surface area contributed by atoms with Crippen LogP contribution in [0, 0.1) is 0 Å². The summed E-state index contributed by atoms with van der Waals surface area (Å²) in [7, 11) is 0. The average molecular weight is 165 g/mol. The lowest BCUT2D eigenvalue weighted by atomic mass is 10.1. The molecule has 2 atom stereocenters. The molecular formula is C8H11N3O. The minimum Gasteiger partial charge on any atom is -0.387 e. The molecule has 0 bridgehead atoms. The van der Waals surface area contributed by atoms with Crippen molar-refractivity contribution in [1.29, 1.82) is 0 Å². The number of anilines is 1. The van der Waals surface area contributed by atoms with Crippen molar-refractivity contribution in [3.05, 3.63) is 17.6 Å². The fourth-order valence-corrected chi connectivity index (χ4v) is 1.76. The van der Waals surface area contributed by atoms with Crippen molar-refractivity contribution in [3.8, 4) is 0 Å². The van der Waals surface area contributed by atoms with Gasteiger partial charge in [-0.1, -0.05) is 6.92 Å². The highest BCUT2D eigenvalue weighted by Crippen LogP contribution is 2.40. The Bertz CT molecular complexity index is 313. The molecule has 1 aromatic heterocycles. The normalized spacial score (nSPS) is 27.2. The molecule has 12 heavy (non-hydrogen) atoms. The lowest BCUT2D eigenvalue weighted by molar-refractivity contribution is 0.170. The van der Waals surface area contributed by atoms with E-state index in [1.54, 1.807) is 0 Å². The van der Waals surface area contributed by atoms with Gasteiger partial charge < -0.3 is 10.8 Å². The van der Waals surface area contributed by atoms with Gasteiger partial charge in [-0.25, -0.2) is 9.97 Å². The number of aliphatic hydroxyl groups excluding tert-OH is 1. The minimum absolute atomic E-state index is 0.274. The van der Waals surface area contributed by atoms with E-state index in [0.29, 0.717) is 17.9 Å². The molecule has 1 aliphatic rings. The van der Waals surface area contributed by atoms with Crippen LogP contribution in [-0.2, 0) is 0 Å². The first-order valence-electron chi connectivity index (χ1n) is 3.98. The van der Waals surface area contributed by atoms with Crippen LogP contribution in [0.1, 0.15) is 36.6 Å². The van der Waals surface area contributed by atoms with E-state index in [1.165, 1.54) is 6.33 Å². The number of aliphatic hydroxyl groups is 1. The summed E-state index contributed by atoms with van der Waals surface area (Å²) in [4.78, 5) is 7.90. The van der Waals surface area contributed by atoms with Crippen LogP contribution in [0.4, 0.5) is 5.82 Å². The molecule has 2 rings (SSSR count). The Morgan fingerprint density at radius 2 is 2.33 bits per heavy atom. The van der Waals surface area contributed by atoms with Gasteiger partial charge in [-0.15, -0.1) is 0 Å². The van der Waals surface area contributed by atoms with Gasteiger partial charge in [0, 0.05) is 5.56 Å². The summed E-state index contributed by atoms with van der Waals surface area (Å²) in [6.45, 7) is 2.02. The van der Waals surface area contributed by atoms with Crippen molar-refractivity contribution in [2.24, 2.45) is 0 Å². The summed E-state index contributed by atoms with van der Waals surface area (Å²) in [5, 5.41) is 9.53. The number of aromatic nitrogens is 2. The summed E-state index contributed by atoms with van der Waals surface area (Å²) in [6, 6.07) is 0. The smallest absolute Gasteiger partial charge is 0.130 e. The van der Waals surface area contributed by atoms with E-state index in [2.05, 4.69) is 9.97 Å². The Morgan fingerprint density at radius 3 is 3.00 bits per heavy atom. The van der Waals surface area contributed by atoms with Crippen LogP contribution in [0.5, 0.6) is 0 Å². The van der Waals surface area contributed by atoms with Gasteiger partial charge in [0.25, 0.3) is 0 Å². The summed E-state index contributed by atoms with van der Waals surface area (Å²) in [5.41, 5.74) is 7.29. The van der Waals surface area contributed by atoms with Crippen LogP contribution in [0.2, 0.25) is 0 Å². The van der Waals surface area contributed by atoms with Gasteiger partial charge in [-0.3, -0.25) is 0 Å². The molecule has 0 aliphatic heterocycles. The first-order chi connectivity index (χ1) is 5.70. The second kappa shape index (κ2) is 2.42. The SMILES string of the molecule is C[C@@H]1CC(O)c2ncnc(N)c21. The van der Waals surface area contributed by atoms with E-state index in [0.717, 1.165) is 5.56 Å². The predicted octanol–water partition coefficient (Wildman–Crippen LogP) is 0.599. The van der Waals surface area contributed by atoms with Crippen molar-refractivity contribution in [3.63, 3.8) is 0 Å². The molecule has 4 heteroatoms. The van der Waals surface area contributed by atoms with E-state index in [9.17, 15) is 5.11 Å². The first-order valence-corrected chi connectivity index (χ1v) is 3.98. The van der Waals surface area contributed by atoms with Crippen LogP contribution >= 0.6 is 0 Å². The second-order valence-corrected chi connectivity index (χ2v) is 3.21. The van der Waals surface area contributed by atoms with Gasteiger partial charge in [-0.2, -0.15) is 0 Å². The van der Waals surface area contributed by atoms with Gasteiger partial charge in [0.1, 0.15) is 12.1 Å². The highest BCUT2D eigenvalue weighted by atomic mass is 16.3. The Kier molecular flexibility index (Phi) is 1.51. The first kappa shape index (κ1) is 7.49. The van der Waals surface area contributed by atoms with E-state index in [1.807, 2.05) is 6.92 Å². The average Bonchev–Trinajstić information content (AvgIpc) is 2.29. The Balaban J connectivity index is 2.59. The van der Waals surface area contributed by atoms with Gasteiger partial charge in [0.2, 0.25) is 0 Å². The Hall–Kier alpha value is -1.16. The predicted molar refractivity (Wildman–Crippen MR) is 44.4 cm³/mol. The zero-order chi connectivity index (χ0) is 8.72. The van der Waals surface area contributed by atoms with E-state index in [4.69, 9.17) is 5.73 Å². The minimum atomic E-state index is -0.458. The summed E-state index contributed by atoms with van der Waals surface area (Å²) in [5.74, 6) is 0.778. The van der Waals surface area contributed by atoms with E-state index >= 15 is 0 Å². The Labute approximate surface area is 70.5 Å². The van der Waals surface area contributed by atoms with Crippen LogP contribution in [0.25, 0.3) is 0 Å². The molecule has 1 unspecified atom stereocenters. The van der Waals surface area contributed by atoms with Crippen LogP contribution < -0.4 is 5.73 Å². The second-order valence-electron chi connectivity index (χ2n) is 3.21. The third-order valence-corrected chi connectivity index (χ3v) is 2.33. The molecule has 4 nitrogen and oxygen atoms in total. The van der Waals surface area contributed by atoms with Crippen molar-refractivity contribution in [2.75, 3.05) is 5.73 Å². The summed E-state index contributed by atoms with van der Waals surface area (Å²) < 4.78 is 0. The molecule has 1 aliphatic carbocycles. The number of rotatable bonds is 0. The third-order valence-electron chi connectivity index (χ3n) is 2.33. The third kappa shape index (κ3) is 0.881. The maximum atomic E-state index is 9.53. The quantitative estimate of drug-likeness (QED) is 0.590. The molecule has 0 amide bonds. The molecule has 0 fully saturated rings. The lowest BCUT2D eigenvalue weighted by Crippen LogP contribution is -2.01. The summed E-state index contributed by atoms with van der Waals surface area (Å²) in [6.07, 6.45) is 1.65. The standard InChI is InChI=1S/C8H11N3O/c1-4-2-5(12)7-6(4)8(9)11-3-10-7/h3-5,12H,2H2,1H3,(H2,9,10,11)/t4-,5?/m1/s1. The van der Waals surface area contributed by atoms with Crippen molar-refractivity contribution < 1.29 is 5.11 Å². The number of nitrogens with zero attached hydrogens (tertiary/aromatic N) is 2. The van der Waals surface area contributed by atoms with Gasteiger partial charge in [-0.05, 0) is 12.3 Å². The number of nitrogen functional groups attached to an aromatic ring is 1. The molecule has 0 aromatic carbocycles. The van der Waals surface area contributed by atoms with Gasteiger partial charge in [0.15, 0.2) is 0 Å². The van der Waals surface area contributed by atoms with Crippen molar-refractivity contribution in [2.45, 2.75) is 25.4 Å². The van der Waals surface area contributed by atoms with Crippen LogP contribution in [0.15, 0.2) is 6.33 Å². The van der Waals surface area contributed by atoms with Crippen molar-refractivity contribution >= 4 is 5.82 Å². The molecule has 0 spiro atoms. The van der Waals surface area contributed by atoms with Gasteiger partial charge in [0.05, 0.1) is 11.8 Å². The zero-order valence-corrected chi connectivity index (χ0v) is 6.86. The topological polar surface area (TPSA) is 72.0 Å². The zero-order valence-electron chi connectivity index (χ0n) is 6.86. The van der Waals surface area contributed by atoms with Gasteiger partial charge >= 0.3 is 0 Å². The lowest BCUT2D eigenvalue weighted by Gasteiger charge is -2.04. The molecule has 64 valence electrons. The molecule has 3 N–H and O–H groups in total. The van der Waals surface area contributed by atoms with Crippen LogP contribution in [0.3, 0.4) is 0 Å². The highest BCUT2D eigenvalue weighted by Gasteiger charge is 2.30. The molecule has 0 radical (unpaired) electrons. The number of fused-ring (bicyclic) bond motifs is 1. The highest BCUT2D eigenvalue weighted by molar-refractivity contribution is 5.47. The largest absolute Gasteiger partial charge is 0.387 e. The maximum absolute atomic E-state index is 9.53. The molecule has 1 aromatic rings. The summed E-state index contributed by atoms with van der Waals surface area (Å²) >= 11 is 0. The fraction of sp³-hybridized carbons (Fsp3) is 0.500. The maximum Gasteiger partial charge on any atom is 0.130 e. The molecule has 1 heterocycles. The molecule has 0 saturated heterocycles. The van der Waals surface area contributed by atoms with Crippen molar-refractivity contribution in [1.82, 2.24) is 9.97 Å². The fourth-order valence-electron chi connectivity index (χ4n) is 1.76. The van der Waals surface area contributed by atoms with E-state index < -0.39 is 6.10 Å². The van der Waals surface area contributed by atoms with E-state index in [-0.39, 0.29) is 5.92 Å². The Morgan fingerprint density at radius 1 is 1.58 bits per heavy atom. The number of hydrogen-bond acceptors (Lipinski definition) is 4. The molecule has 0 saturated carbocycles.